The van der Waals surface area contributed by atoms with Gasteiger partial charge in [0, 0.05) is 24.9 Å². The summed E-state index contributed by atoms with van der Waals surface area (Å²) in [6.45, 7) is 3.13. The number of rotatable bonds is 4. The van der Waals surface area contributed by atoms with Crippen molar-refractivity contribution in [1.29, 1.82) is 0 Å². The average Bonchev–Trinajstić information content (AvgIpc) is 3.19. The van der Waals surface area contributed by atoms with E-state index >= 15 is 0 Å². The van der Waals surface area contributed by atoms with E-state index in [1.807, 2.05) is 30.0 Å². The van der Waals surface area contributed by atoms with Crippen LogP contribution in [-0.4, -0.2) is 29.4 Å². The van der Waals surface area contributed by atoms with Crippen LogP contribution in [0.25, 0.3) is 0 Å². The van der Waals surface area contributed by atoms with Gasteiger partial charge in [-0.1, -0.05) is 17.4 Å². The molecule has 1 aromatic carbocycles. The summed E-state index contributed by atoms with van der Waals surface area (Å²) in [6.07, 6.45) is -2.56. The molecule has 3 atom stereocenters. The number of nitrogens with two attached hydrogens (primary N) is 1. The molecular weight excluding hydrogens is 381 g/mol. The third-order valence-corrected chi connectivity index (χ3v) is 6.19. The van der Waals surface area contributed by atoms with Gasteiger partial charge in [0.15, 0.2) is 11.5 Å². The molecule has 10 heteroatoms. The molecule has 2 bridgehead atoms. The fourth-order valence-electron chi connectivity index (χ4n) is 3.93. The lowest BCUT2D eigenvalue weighted by atomic mass is 9.95. The van der Waals surface area contributed by atoms with E-state index in [2.05, 4.69) is 10.2 Å². The van der Waals surface area contributed by atoms with Gasteiger partial charge in [0.25, 0.3) is 0 Å². The lowest BCUT2D eigenvalue weighted by molar-refractivity contribution is -0.138. The standard InChI is InChI=1S/C17H19F3N4O2S/c1-9-2-5-12(13(6-9)26-21)25-14-10-3-4-11(14)8-24(7-10)16-23-22-15(27-16)17(18,19)20/h2,5-6,10-11,14H,3-4,7-8,21H2,1H3/t10-,11+,14-. The summed E-state index contributed by atoms with van der Waals surface area (Å²) in [7, 11) is 0. The van der Waals surface area contributed by atoms with Crippen molar-refractivity contribution in [2.24, 2.45) is 17.7 Å². The third kappa shape index (κ3) is 3.55. The van der Waals surface area contributed by atoms with Crippen LogP contribution in [0.1, 0.15) is 23.4 Å². The molecule has 6 nitrogen and oxygen atoms in total. The lowest BCUT2D eigenvalue weighted by Gasteiger charge is -2.37. The first kappa shape index (κ1) is 18.3. The maximum absolute atomic E-state index is 12.8. The van der Waals surface area contributed by atoms with Crippen LogP contribution in [0.2, 0.25) is 0 Å². The van der Waals surface area contributed by atoms with Gasteiger partial charge in [-0.25, -0.2) is 0 Å². The average molecular weight is 400 g/mol. The minimum absolute atomic E-state index is 0.0205. The van der Waals surface area contributed by atoms with E-state index in [-0.39, 0.29) is 17.9 Å². The molecule has 27 heavy (non-hydrogen) atoms. The van der Waals surface area contributed by atoms with E-state index in [1.165, 1.54) is 0 Å². The van der Waals surface area contributed by atoms with Gasteiger partial charge in [0.05, 0.1) is 0 Å². The number of anilines is 1. The Morgan fingerprint density at radius 3 is 2.44 bits per heavy atom. The number of aryl methyl sites for hydroxylation is 1. The van der Waals surface area contributed by atoms with Gasteiger partial charge in [-0.15, -0.1) is 10.2 Å². The lowest BCUT2D eigenvalue weighted by Crippen LogP contribution is -2.47. The molecule has 0 amide bonds. The van der Waals surface area contributed by atoms with Crippen molar-refractivity contribution >= 4 is 16.5 Å². The predicted molar refractivity (Wildman–Crippen MR) is 93.7 cm³/mol. The molecule has 2 heterocycles. The van der Waals surface area contributed by atoms with Crippen molar-refractivity contribution in [3.05, 3.63) is 28.8 Å². The highest BCUT2D eigenvalue weighted by Crippen LogP contribution is 2.43. The fraction of sp³-hybridized carbons (Fsp3) is 0.529. The Morgan fingerprint density at radius 1 is 1.15 bits per heavy atom. The molecule has 0 radical (unpaired) electrons. The summed E-state index contributed by atoms with van der Waals surface area (Å²) >= 11 is 0.592. The van der Waals surface area contributed by atoms with E-state index in [4.69, 9.17) is 15.5 Å². The van der Waals surface area contributed by atoms with E-state index in [9.17, 15) is 13.2 Å². The molecule has 4 rings (SSSR count). The zero-order valence-corrected chi connectivity index (χ0v) is 15.4. The zero-order chi connectivity index (χ0) is 19.2. The number of piperidine rings is 1. The third-order valence-electron chi connectivity index (χ3n) is 5.16. The summed E-state index contributed by atoms with van der Waals surface area (Å²) in [6, 6.07) is 5.57. The number of nitrogens with zero attached hydrogens (tertiary/aromatic N) is 3. The minimum atomic E-state index is -4.46. The first-order valence-corrected chi connectivity index (χ1v) is 9.46. The molecular formula is C17H19F3N4O2S. The highest BCUT2D eigenvalue weighted by molar-refractivity contribution is 7.15. The van der Waals surface area contributed by atoms with Crippen LogP contribution < -0.4 is 20.4 Å². The van der Waals surface area contributed by atoms with Crippen LogP contribution in [-0.2, 0) is 6.18 Å². The Morgan fingerprint density at radius 2 is 1.85 bits per heavy atom. The highest BCUT2D eigenvalue weighted by Gasteiger charge is 2.45. The van der Waals surface area contributed by atoms with Crippen molar-refractivity contribution in [3.8, 4) is 11.5 Å². The Balaban J connectivity index is 1.49. The van der Waals surface area contributed by atoms with Gasteiger partial charge in [-0.3, -0.25) is 0 Å². The van der Waals surface area contributed by atoms with Gasteiger partial charge in [-0.2, -0.15) is 19.1 Å². The van der Waals surface area contributed by atoms with E-state index in [1.54, 1.807) is 0 Å². The number of aromatic nitrogens is 2. The molecule has 1 aromatic heterocycles. The summed E-state index contributed by atoms with van der Waals surface area (Å²) in [5.74, 6) is 6.83. The van der Waals surface area contributed by atoms with E-state index in [0.29, 0.717) is 41.1 Å². The molecule has 2 aliphatic rings. The predicted octanol–water partition coefficient (Wildman–Crippen LogP) is 3.41. The van der Waals surface area contributed by atoms with Crippen molar-refractivity contribution in [2.75, 3.05) is 18.0 Å². The Labute approximate surface area is 158 Å². The summed E-state index contributed by atoms with van der Waals surface area (Å²) in [4.78, 5) is 6.82. The van der Waals surface area contributed by atoms with Crippen LogP contribution in [0.5, 0.6) is 11.5 Å². The molecule has 1 saturated carbocycles. The van der Waals surface area contributed by atoms with Crippen molar-refractivity contribution < 1.29 is 22.7 Å². The Hall–Kier alpha value is -2.07. The second kappa shape index (κ2) is 6.83. The number of benzene rings is 1. The van der Waals surface area contributed by atoms with Crippen LogP contribution in [0, 0.1) is 18.8 Å². The summed E-state index contributed by atoms with van der Waals surface area (Å²) in [5.41, 5.74) is 1.01. The first-order chi connectivity index (χ1) is 12.8. The van der Waals surface area contributed by atoms with Gasteiger partial charge >= 0.3 is 6.18 Å². The minimum Gasteiger partial charge on any atom is -0.486 e. The largest absolute Gasteiger partial charge is 0.486 e. The molecule has 146 valence electrons. The fourth-order valence-corrected chi connectivity index (χ4v) is 4.66. The normalized spacial score (nSPS) is 24.9. The molecule has 1 aliphatic carbocycles. The molecule has 1 aliphatic heterocycles. The van der Waals surface area contributed by atoms with Gasteiger partial charge < -0.3 is 14.5 Å². The number of alkyl halides is 3. The molecule has 2 N–H and O–H groups in total. The monoisotopic (exact) mass is 400 g/mol. The van der Waals surface area contributed by atoms with Crippen LogP contribution in [0.3, 0.4) is 0 Å². The molecule has 1 saturated heterocycles. The van der Waals surface area contributed by atoms with Gasteiger partial charge in [-0.05, 0) is 37.5 Å². The molecule has 2 aromatic rings. The highest BCUT2D eigenvalue weighted by atomic mass is 32.1. The SMILES string of the molecule is Cc1ccc(O[C@@H]2[C@@H]3CC[C@H]2CN(c2nnc(C(F)(F)F)s2)C3)c(ON)c1. The number of halogens is 3. The van der Waals surface area contributed by atoms with Crippen LogP contribution in [0.4, 0.5) is 18.3 Å². The number of hydrogen-bond acceptors (Lipinski definition) is 7. The Bertz CT molecular complexity index is 815. The van der Waals surface area contributed by atoms with Crippen molar-refractivity contribution in [2.45, 2.75) is 32.0 Å². The zero-order valence-electron chi connectivity index (χ0n) is 14.6. The topological polar surface area (TPSA) is 73.5 Å². The maximum atomic E-state index is 12.8. The maximum Gasteiger partial charge on any atom is 0.445 e. The second-order valence-corrected chi connectivity index (χ2v) is 8.00. The summed E-state index contributed by atoms with van der Waals surface area (Å²) < 4.78 is 44.6. The molecule has 0 spiro atoms. The number of ether oxygens (including phenoxy) is 1. The van der Waals surface area contributed by atoms with E-state index < -0.39 is 11.2 Å². The van der Waals surface area contributed by atoms with Crippen LogP contribution in [0.15, 0.2) is 18.2 Å². The first-order valence-electron chi connectivity index (χ1n) is 8.65. The molecule has 2 fully saturated rings. The summed E-state index contributed by atoms with van der Waals surface area (Å²) in [5, 5.41) is 6.45. The van der Waals surface area contributed by atoms with Crippen molar-refractivity contribution in [1.82, 2.24) is 10.2 Å². The second-order valence-electron chi connectivity index (χ2n) is 7.04. The quantitative estimate of drug-likeness (QED) is 0.793. The molecule has 0 unspecified atom stereocenters. The Kier molecular flexibility index (Phi) is 4.63. The van der Waals surface area contributed by atoms with Gasteiger partial charge in [0.2, 0.25) is 10.1 Å². The van der Waals surface area contributed by atoms with Crippen molar-refractivity contribution in [3.63, 3.8) is 0 Å². The van der Waals surface area contributed by atoms with Crippen LogP contribution >= 0.6 is 11.3 Å². The smallest absolute Gasteiger partial charge is 0.445 e. The number of fused-ring (bicyclic) bond motifs is 2. The van der Waals surface area contributed by atoms with Gasteiger partial charge in [0.1, 0.15) is 6.10 Å². The number of hydrogen-bond donors (Lipinski definition) is 1. The van der Waals surface area contributed by atoms with E-state index in [0.717, 1.165) is 18.4 Å².